The molecule has 0 saturated carbocycles. The Morgan fingerprint density at radius 2 is 1.86 bits per heavy atom. The number of nitrogens with zero attached hydrogens (tertiary/aromatic N) is 4. The van der Waals surface area contributed by atoms with E-state index < -0.39 is 54.3 Å². The van der Waals surface area contributed by atoms with Crippen LogP contribution >= 0.6 is 0 Å². The molecular formula is C24H22F6N4O2. The Balaban J connectivity index is 1.60. The smallest absolute Gasteiger partial charge is 0.417 e. The molecule has 2 atom stereocenters. The molecule has 3 heterocycles. The highest BCUT2D eigenvalue weighted by Gasteiger charge is 2.47. The fourth-order valence-electron chi connectivity index (χ4n) is 4.25. The zero-order valence-electron chi connectivity index (χ0n) is 19.3. The SMILES string of the molecule is C[C@@H]1CC(F)(F)CN(C(=O)c2nn(C)cc2-c2ccc(F)cc2)C1COc1ccc(C(F)(F)F)cn1. The monoisotopic (exact) mass is 512 g/mol. The summed E-state index contributed by atoms with van der Waals surface area (Å²) >= 11 is 0. The zero-order chi connectivity index (χ0) is 26.3. The van der Waals surface area contributed by atoms with Gasteiger partial charge in [0, 0.05) is 37.5 Å². The fraction of sp³-hybridized carbons (Fsp3) is 0.375. The van der Waals surface area contributed by atoms with Crippen LogP contribution in [0.3, 0.4) is 0 Å². The number of carbonyl (C=O) groups is 1. The van der Waals surface area contributed by atoms with Crippen LogP contribution in [0.5, 0.6) is 5.88 Å². The van der Waals surface area contributed by atoms with Gasteiger partial charge in [0.2, 0.25) is 5.88 Å². The van der Waals surface area contributed by atoms with Gasteiger partial charge in [-0.2, -0.15) is 18.3 Å². The second kappa shape index (κ2) is 9.47. The molecule has 36 heavy (non-hydrogen) atoms. The van der Waals surface area contributed by atoms with Crippen molar-refractivity contribution >= 4 is 5.91 Å². The highest BCUT2D eigenvalue weighted by molar-refractivity contribution is 5.99. The predicted molar refractivity (Wildman–Crippen MR) is 117 cm³/mol. The molecule has 0 radical (unpaired) electrons. The number of rotatable bonds is 5. The molecule has 2 aromatic heterocycles. The largest absolute Gasteiger partial charge is 0.475 e. The van der Waals surface area contributed by atoms with Crippen molar-refractivity contribution in [1.82, 2.24) is 19.7 Å². The van der Waals surface area contributed by atoms with Gasteiger partial charge in [-0.3, -0.25) is 9.48 Å². The number of halogens is 6. The van der Waals surface area contributed by atoms with Gasteiger partial charge in [0.05, 0.1) is 18.2 Å². The van der Waals surface area contributed by atoms with Crippen molar-refractivity contribution in [2.45, 2.75) is 31.5 Å². The molecule has 12 heteroatoms. The zero-order valence-corrected chi connectivity index (χ0v) is 19.3. The van der Waals surface area contributed by atoms with Gasteiger partial charge in [-0.15, -0.1) is 0 Å². The van der Waals surface area contributed by atoms with Gasteiger partial charge in [-0.25, -0.2) is 18.2 Å². The molecule has 0 bridgehead atoms. The lowest BCUT2D eigenvalue weighted by molar-refractivity contribution is -0.137. The van der Waals surface area contributed by atoms with Crippen LogP contribution in [0.2, 0.25) is 0 Å². The van der Waals surface area contributed by atoms with Crippen LogP contribution in [0.25, 0.3) is 11.1 Å². The summed E-state index contributed by atoms with van der Waals surface area (Å²) in [7, 11) is 1.56. The summed E-state index contributed by atoms with van der Waals surface area (Å²) in [6.07, 6.45) is -2.93. The molecule has 0 spiro atoms. The maximum atomic E-state index is 14.5. The maximum absolute atomic E-state index is 14.5. The Labute approximate surface area is 202 Å². The Kier molecular flexibility index (Phi) is 6.72. The molecule has 1 amide bonds. The average Bonchev–Trinajstić information content (AvgIpc) is 3.19. The topological polar surface area (TPSA) is 60.2 Å². The van der Waals surface area contributed by atoms with Crippen LogP contribution in [-0.2, 0) is 13.2 Å². The van der Waals surface area contributed by atoms with Gasteiger partial charge >= 0.3 is 6.18 Å². The van der Waals surface area contributed by atoms with E-state index in [0.29, 0.717) is 17.3 Å². The van der Waals surface area contributed by atoms with Crippen molar-refractivity contribution in [2.24, 2.45) is 13.0 Å². The van der Waals surface area contributed by atoms with Gasteiger partial charge in [0.25, 0.3) is 11.8 Å². The number of hydrogen-bond donors (Lipinski definition) is 0. The summed E-state index contributed by atoms with van der Waals surface area (Å²) in [4.78, 5) is 18.1. The summed E-state index contributed by atoms with van der Waals surface area (Å²) in [5.41, 5.74) is -0.230. The second-order valence-electron chi connectivity index (χ2n) is 8.80. The standard InChI is InChI=1S/C24H22F6N4O2/c1-14-9-23(26,27)13-34(19(14)12-36-20-8-5-16(10-31-20)24(28,29)30)22(35)21-18(11-33(2)32-21)15-3-6-17(25)7-4-15/h3-8,10-11,14,19H,9,12-13H2,1-2H3/t14-,19?/m1/s1. The number of aryl methyl sites for hydroxylation is 1. The van der Waals surface area contributed by atoms with E-state index in [1.165, 1.54) is 35.1 Å². The summed E-state index contributed by atoms with van der Waals surface area (Å²) in [5.74, 6) is -5.25. The van der Waals surface area contributed by atoms with E-state index in [0.717, 1.165) is 17.0 Å². The number of hydrogen-bond acceptors (Lipinski definition) is 4. The van der Waals surface area contributed by atoms with Gasteiger partial charge in [-0.1, -0.05) is 19.1 Å². The number of aromatic nitrogens is 3. The van der Waals surface area contributed by atoms with Crippen molar-refractivity contribution in [3.63, 3.8) is 0 Å². The van der Waals surface area contributed by atoms with Crippen molar-refractivity contribution in [2.75, 3.05) is 13.2 Å². The molecule has 0 N–H and O–H groups in total. The molecule has 6 nitrogen and oxygen atoms in total. The first-order valence-electron chi connectivity index (χ1n) is 11.0. The molecule has 1 saturated heterocycles. The van der Waals surface area contributed by atoms with Crippen molar-refractivity contribution in [3.05, 3.63) is 65.9 Å². The third-order valence-electron chi connectivity index (χ3n) is 5.99. The molecule has 192 valence electrons. The number of ether oxygens (including phenoxy) is 1. The minimum Gasteiger partial charge on any atom is -0.475 e. The summed E-state index contributed by atoms with van der Waals surface area (Å²) in [5, 5.41) is 4.17. The maximum Gasteiger partial charge on any atom is 0.417 e. The van der Waals surface area contributed by atoms with Crippen molar-refractivity contribution < 1.29 is 35.9 Å². The van der Waals surface area contributed by atoms with E-state index in [1.807, 2.05) is 0 Å². The Morgan fingerprint density at radius 3 is 2.47 bits per heavy atom. The van der Waals surface area contributed by atoms with E-state index in [9.17, 15) is 31.1 Å². The van der Waals surface area contributed by atoms with Crippen LogP contribution in [0.1, 0.15) is 29.4 Å². The summed E-state index contributed by atoms with van der Waals surface area (Å²) in [6, 6.07) is 6.32. The van der Waals surface area contributed by atoms with Crippen molar-refractivity contribution in [1.29, 1.82) is 0 Å². The minimum absolute atomic E-state index is 0.0911. The van der Waals surface area contributed by atoms with E-state index in [2.05, 4.69) is 10.1 Å². The normalized spacial score (nSPS) is 19.8. The highest BCUT2D eigenvalue weighted by Crippen LogP contribution is 2.36. The first-order chi connectivity index (χ1) is 16.8. The van der Waals surface area contributed by atoms with E-state index in [-0.39, 0.29) is 18.2 Å². The third kappa shape index (κ3) is 5.47. The molecule has 3 aromatic rings. The third-order valence-corrected chi connectivity index (χ3v) is 5.99. The fourth-order valence-corrected chi connectivity index (χ4v) is 4.25. The molecular weight excluding hydrogens is 490 g/mol. The Morgan fingerprint density at radius 1 is 1.17 bits per heavy atom. The molecule has 4 rings (SSSR count). The van der Waals surface area contributed by atoms with E-state index >= 15 is 0 Å². The number of amides is 1. The Bertz CT molecular complexity index is 1220. The molecule has 1 aromatic carbocycles. The van der Waals surface area contributed by atoms with Crippen LogP contribution in [-0.4, -0.2) is 50.7 Å². The lowest BCUT2D eigenvalue weighted by Crippen LogP contribution is -2.57. The predicted octanol–water partition coefficient (Wildman–Crippen LogP) is 5.20. The van der Waals surface area contributed by atoms with E-state index in [4.69, 9.17) is 4.74 Å². The average molecular weight is 512 g/mol. The van der Waals surface area contributed by atoms with Crippen molar-refractivity contribution in [3.8, 4) is 17.0 Å². The molecule has 0 aliphatic carbocycles. The number of likely N-dealkylation sites (tertiary alicyclic amines) is 1. The first kappa shape index (κ1) is 25.5. The van der Waals surface area contributed by atoms with Crippen LogP contribution in [0.4, 0.5) is 26.3 Å². The lowest BCUT2D eigenvalue weighted by Gasteiger charge is -2.42. The van der Waals surface area contributed by atoms with Gasteiger partial charge in [0.15, 0.2) is 5.69 Å². The minimum atomic E-state index is -4.57. The second-order valence-corrected chi connectivity index (χ2v) is 8.80. The quantitative estimate of drug-likeness (QED) is 0.441. The molecule has 1 aliphatic rings. The van der Waals surface area contributed by atoms with Gasteiger partial charge < -0.3 is 9.64 Å². The molecule has 1 fully saturated rings. The van der Waals surface area contributed by atoms with Crippen LogP contribution in [0.15, 0.2) is 48.8 Å². The number of carbonyl (C=O) groups excluding carboxylic acids is 1. The number of benzene rings is 1. The van der Waals surface area contributed by atoms with Gasteiger partial charge in [0.1, 0.15) is 12.4 Å². The molecule has 1 aliphatic heterocycles. The summed E-state index contributed by atoms with van der Waals surface area (Å²) < 4.78 is 87.6. The van der Waals surface area contributed by atoms with Gasteiger partial charge in [-0.05, 0) is 29.7 Å². The van der Waals surface area contributed by atoms with Crippen LogP contribution in [0, 0.1) is 11.7 Å². The Hall–Kier alpha value is -3.57. The number of alkyl halides is 5. The van der Waals surface area contributed by atoms with E-state index in [1.54, 1.807) is 14.0 Å². The van der Waals surface area contributed by atoms with Crippen LogP contribution < -0.4 is 4.74 Å². The lowest BCUT2D eigenvalue weighted by atomic mass is 9.88. The molecule has 1 unspecified atom stereocenters. The number of piperidine rings is 1. The number of pyridine rings is 1. The summed E-state index contributed by atoms with van der Waals surface area (Å²) in [6.45, 7) is 0.394. The highest BCUT2D eigenvalue weighted by atomic mass is 19.4. The first-order valence-corrected chi connectivity index (χ1v) is 11.0.